The fourth-order valence-electron chi connectivity index (χ4n) is 3.92. The third-order valence-corrected chi connectivity index (χ3v) is 5.51. The van der Waals surface area contributed by atoms with E-state index < -0.39 is 47.6 Å². The topological polar surface area (TPSA) is 112 Å². The highest BCUT2D eigenvalue weighted by Gasteiger charge is 2.53. The molecular formula is C19H20F3N5O4. The molecule has 3 atom stereocenters. The molecule has 0 aliphatic carbocycles. The van der Waals surface area contributed by atoms with Crippen LogP contribution in [0.15, 0.2) is 18.2 Å². The van der Waals surface area contributed by atoms with Crippen molar-refractivity contribution in [2.75, 3.05) is 16.8 Å². The molecule has 0 spiro atoms. The zero-order valence-corrected chi connectivity index (χ0v) is 16.7. The quantitative estimate of drug-likeness (QED) is 0.727. The summed E-state index contributed by atoms with van der Waals surface area (Å²) in [6.07, 6.45) is -6.83. The number of aliphatic hydroxyl groups is 2. The maximum Gasteiger partial charge on any atom is 0.416 e. The first-order valence-electron chi connectivity index (χ1n) is 9.58. The second-order valence-corrected chi connectivity index (χ2v) is 7.66. The van der Waals surface area contributed by atoms with E-state index in [0.29, 0.717) is 17.5 Å². The number of aromatic nitrogens is 3. The van der Waals surface area contributed by atoms with Crippen molar-refractivity contribution in [2.24, 2.45) is 0 Å². The molecule has 2 amide bonds. The first-order valence-corrected chi connectivity index (χ1v) is 9.58. The largest absolute Gasteiger partial charge is 0.416 e. The monoisotopic (exact) mass is 439 g/mol. The predicted molar refractivity (Wildman–Crippen MR) is 101 cm³/mol. The molecule has 0 aromatic carbocycles. The van der Waals surface area contributed by atoms with Crippen molar-refractivity contribution < 1.29 is 33.0 Å². The Morgan fingerprint density at radius 2 is 1.97 bits per heavy atom. The number of carbonyl (C=O) groups excluding carboxylic acids is 2. The van der Waals surface area contributed by atoms with E-state index in [1.807, 2.05) is 0 Å². The summed E-state index contributed by atoms with van der Waals surface area (Å²) in [4.78, 5) is 31.4. The predicted octanol–water partition coefficient (Wildman–Crippen LogP) is 0.652. The number of carbonyl (C=O) groups is 2. The zero-order chi connectivity index (χ0) is 22.7. The molecule has 2 aromatic heterocycles. The van der Waals surface area contributed by atoms with Crippen LogP contribution in [0.25, 0.3) is 0 Å². The highest BCUT2D eigenvalue weighted by molar-refractivity contribution is 6.10. The molecule has 3 unspecified atom stereocenters. The maximum absolute atomic E-state index is 13.3. The number of anilines is 2. The Balaban J connectivity index is 1.72. The number of likely N-dealkylation sites (N-methyl/N-ethyl adjacent to an activating group) is 1. The number of hydrogen-bond donors (Lipinski definition) is 2. The molecule has 2 aromatic rings. The van der Waals surface area contributed by atoms with Gasteiger partial charge in [0.05, 0.1) is 5.56 Å². The Bertz CT molecular complexity index is 1030. The van der Waals surface area contributed by atoms with Gasteiger partial charge in [-0.2, -0.15) is 18.3 Å². The summed E-state index contributed by atoms with van der Waals surface area (Å²) in [5.41, 5.74) is -0.188. The van der Waals surface area contributed by atoms with Crippen molar-refractivity contribution in [1.29, 1.82) is 0 Å². The molecule has 166 valence electrons. The molecule has 12 heteroatoms. The fraction of sp³-hybridized carbons (Fsp3) is 0.474. The molecule has 31 heavy (non-hydrogen) atoms. The van der Waals surface area contributed by atoms with Crippen LogP contribution in [0.2, 0.25) is 0 Å². The number of nitrogens with zero attached hydrogens (tertiary/aromatic N) is 5. The lowest BCUT2D eigenvalue weighted by Crippen LogP contribution is -2.50. The van der Waals surface area contributed by atoms with Gasteiger partial charge in [0.15, 0.2) is 11.9 Å². The second-order valence-electron chi connectivity index (χ2n) is 7.66. The van der Waals surface area contributed by atoms with E-state index in [1.54, 1.807) is 10.7 Å². The van der Waals surface area contributed by atoms with Crippen molar-refractivity contribution in [1.82, 2.24) is 14.8 Å². The van der Waals surface area contributed by atoms with Crippen molar-refractivity contribution in [3.8, 4) is 0 Å². The average Bonchev–Trinajstić information content (AvgIpc) is 3.35. The zero-order valence-electron chi connectivity index (χ0n) is 16.7. The van der Waals surface area contributed by atoms with E-state index in [4.69, 9.17) is 0 Å². The van der Waals surface area contributed by atoms with Gasteiger partial charge >= 0.3 is 6.18 Å². The molecule has 1 saturated heterocycles. The summed E-state index contributed by atoms with van der Waals surface area (Å²) in [6, 6.07) is 1.44. The second kappa shape index (κ2) is 7.31. The van der Waals surface area contributed by atoms with E-state index >= 15 is 0 Å². The molecule has 2 N–H and O–H groups in total. The van der Waals surface area contributed by atoms with Crippen molar-refractivity contribution in [3.05, 3.63) is 35.2 Å². The fourth-order valence-corrected chi connectivity index (χ4v) is 3.92. The van der Waals surface area contributed by atoms with Crippen LogP contribution in [0.3, 0.4) is 0 Å². The van der Waals surface area contributed by atoms with E-state index in [2.05, 4.69) is 10.1 Å². The summed E-state index contributed by atoms with van der Waals surface area (Å²) < 4.78 is 41.5. The number of hydrogen-bond acceptors (Lipinski definition) is 6. The Labute approximate surface area is 174 Å². The molecule has 4 heterocycles. The minimum absolute atomic E-state index is 0.0430. The summed E-state index contributed by atoms with van der Waals surface area (Å²) in [5, 5.41) is 24.8. The van der Waals surface area contributed by atoms with E-state index in [1.165, 1.54) is 14.0 Å². The van der Waals surface area contributed by atoms with Gasteiger partial charge in [0.1, 0.15) is 18.0 Å². The summed E-state index contributed by atoms with van der Waals surface area (Å²) >= 11 is 0. The average molecular weight is 439 g/mol. The van der Waals surface area contributed by atoms with Crippen LogP contribution >= 0.6 is 0 Å². The van der Waals surface area contributed by atoms with Crippen LogP contribution in [0.1, 0.15) is 23.4 Å². The number of pyridine rings is 1. The highest BCUT2D eigenvalue weighted by atomic mass is 19.4. The molecule has 0 radical (unpaired) electrons. The Hall–Kier alpha value is -2.99. The molecule has 1 fully saturated rings. The Morgan fingerprint density at radius 1 is 1.26 bits per heavy atom. The first-order chi connectivity index (χ1) is 14.5. The van der Waals surface area contributed by atoms with Gasteiger partial charge in [0, 0.05) is 31.0 Å². The standard InChI is InChI=1S/C19H20F3N5O4/c1-9-6-10(19(20,21)22)7-12(23-9)27-14(15(28)16(29)18(27)31)17(30)25(2)13-8-11-4-3-5-26(11)24-13/h6-8,14-16,28-29H,3-5H2,1-2H3. The molecule has 2 aliphatic rings. The minimum atomic E-state index is -4.71. The van der Waals surface area contributed by atoms with Gasteiger partial charge in [0.2, 0.25) is 0 Å². The lowest BCUT2D eigenvalue weighted by atomic mass is 10.1. The molecule has 0 bridgehead atoms. The van der Waals surface area contributed by atoms with Gasteiger partial charge in [0.25, 0.3) is 11.8 Å². The van der Waals surface area contributed by atoms with Gasteiger partial charge in [-0.25, -0.2) is 4.98 Å². The molecule has 0 saturated carbocycles. The first kappa shape index (κ1) is 21.2. The molecular weight excluding hydrogens is 419 g/mol. The van der Waals surface area contributed by atoms with E-state index in [0.717, 1.165) is 29.5 Å². The van der Waals surface area contributed by atoms with Crippen molar-refractivity contribution in [2.45, 2.75) is 50.7 Å². The number of halogens is 3. The minimum Gasteiger partial charge on any atom is -0.387 e. The molecule has 2 aliphatic heterocycles. The number of amides is 2. The highest BCUT2D eigenvalue weighted by Crippen LogP contribution is 2.35. The Morgan fingerprint density at radius 3 is 2.61 bits per heavy atom. The van der Waals surface area contributed by atoms with E-state index in [-0.39, 0.29) is 11.5 Å². The van der Waals surface area contributed by atoms with Crippen LogP contribution in [0, 0.1) is 6.92 Å². The van der Waals surface area contributed by atoms with Crippen LogP contribution in [0.4, 0.5) is 24.8 Å². The number of aryl methyl sites for hydroxylation is 3. The number of rotatable bonds is 3. The molecule has 9 nitrogen and oxygen atoms in total. The summed E-state index contributed by atoms with van der Waals surface area (Å²) in [5.74, 6) is -2.13. The number of fused-ring (bicyclic) bond motifs is 1. The third kappa shape index (κ3) is 3.55. The smallest absolute Gasteiger partial charge is 0.387 e. The normalized spacial score (nSPS) is 23.4. The third-order valence-electron chi connectivity index (χ3n) is 5.51. The maximum atomic E-state index is 13.3. The van der Waals surface area contributed by atoms with Gasteiger partial charge in [-0.1, -0.05) is 0 Å². The summed E-state index contributed by atoms with van der Waals surface area (Å²) in [6.45, 7) is 2.00. The van der Waals surface area contributed by atoms with E-state index in [9.17, 15) is 33.0 Å². The van der Waals surface area contributed by atoms with Crippen molar-refractivity contribution in [3.63, 3.8) is 0 Å². The van der Waals surface area contributed by atoms with Crippen LogP contribution < -0.4 is 9.80 Å². The van der Waals surface area contributed by atoms with Crippen molar-refractivity contribution >= 4 is 23.5 Å². The SMILES string of the molecule is Cc1cc(C(F)(F)F)cc(N2C(=O)C(O)C(O)C2C(=O)N(C)c2cc3n(n2)CCC3)n1. The molecule has 4 rings (SSSR count). The lowest BCUT2D eigenvalue weighted by Gasteiger charge is -2.28. The van der Waals surface area contributed by atoms with Gasteiger partial charge in [-0.3, -0.25) is 24.1 Å². The number of aliphatic hydroxyl groups excluding tert-OH is 2. The van der Waals surface area contributed by atoms with Gasteiger partial charge in [-0.15, -0.1) is 0 Å². The summed E-state index contributed by atoms with van der Waals surface area (Å²) in [7, 11) is 1.38. The van der Waals surface area contributed by atoms with Gasteiger partial charge in [-0.05, 0) is 31.9 Å². The van der Waals surface area contributed by atoms with Crippen LogP contribution in [-0.2, 0) is 28.7 Å². The van der Waals surface area contributed by atoms with Gasteiger partial charge < -0.3 is 10.2 Å². The Kier molecular flexibility index (Phi) is 5.01. The van der Waals surface area contributed by atoms with Crippen LogP contribution in [-0.4, -0.2) is 62.1 Å². The lowest BCUT2D eigenvalue weighted by molar-refractivity contribution is -0.137. The van der Waals surface area contributed by atoms with Crippen LogP contribution in [0.5, 0.6) is 0 Å². The number of alkyl halides is 3.